The van der Waals surface area contributed by atoms with E-state index >= 15 is 0 Å². The molecular formula is C17H27N3O. The number of carbonyl (C=O) groups is 1. The third kappa shape index (κ3) is 3.56. The largest absolute Gasteiger partial charge is 0.378 e. The molecule has 1 fully saturated rings. The highest BCUT2D eigenvalue weighted by molar-refractivity contribution is 5.86. The molecule has 0 bridgehead atoms. The first-order chi connectivity index (χ1) is 9.93. The third-order valence-corrected chi connectivity index (χ3v) is 4.55. The van der Waals surface area contributed by atoms with Crippen molar-refractivity contribution >= 4 is 11.6 Å². The van der Waals surface area contributed by atoms with Crippen LogP contribution in [-0.2, 0) is 10.3 Å². The molecule has 21 heavy (non-hydrogen) atoms. The van der Waals surface area contributed by atoms with Gasteiger partial charge in [-0.15, -0.1) is 0 Å². The van der Waals surface area contributed by atoms with Gasteiger partial charge in [-0.1, -0.05) is 31.4 Å². The Morgan fingerprint density at radius 1 is 1.19 bits per heavy atom. The molecule has 1 aliphatic rings. The minimum absolute atomic E-state index is 0.314. The van der Waals surface area contributed by atoms with Crippen molar-refractivity contribution in [3.05, 3.63) is 29.8 Å². The summed E-state index contributed by atoms with van der Waals surface area (Å²) < 4.78 is 0. The predicted octanol–water partition coefficient (Wildman–Crippen LogP) is 2.38. The van der Waals surface area contributed by atoms with Gasteiger partial charge in [-0.2, -0.15) is 0 Å². The fourth-order valence-corrected chi connectivity index (χ4v) is 3.04. The maximum atomic E-state index is 12.1. The lowest BCUT2D eigenvalue weighted by Crippen LogP contribution is -2.54. The van der Waals surface area contributed by atoms with E-state index < -0.39 is 5.54 Å². The number of nitrogens with zero attached hydrogens (tertiary/aromatic N) is 1. The summed E-state index contributed by atoms with van der Waals surface area (Å²) in [5, 5.41) is 3.51. The van der Waals surface area contributed by atoms with Crippen LogP contribution in [0.2, 0.25) is 0 Å². The Hall–Kier alpha value is -1.55. The molecule has 1 aromatic carbocycles. The standard InChI is InChI=1S/C17H27N3O/c1-17(16(18)21,19-14-7-5-4-6-8-14)13-9-11-15(12-10-13)20(2)3/h9-12,14,19H,4-8H2,1-3H3,(H2,18,21). The first kappa shape index (κ1) is 15.8. The van der Waals surface area contributed by atoms with Crippen LogP contribution in [0.3, 0.4) is 0 Å². The van der Waals surface area contributed by atoms with Gasteiger partial charge in [-0.25, -0.2) is 0 Å². The maximum absolute atomic E-state index is 12.1. The average molecular weight is 289 g/mol. The summed E-state index contributed by atoms with van der Waals surface area (Å²) in [6, 6.07) is 8.43. The van der Waals surface area contributed by atoms with E-state index in [0.717, 1.165) is 24.1 Å². The Bertz CT molecular complexity index is 477. The van der Waals surface area contributed by atoms with Crippen molar-refractivity contribution in [2.75, 3.05) is 19.0 Å². The zero-order chi connectivity index (χ0) is 15.5. The Morgan fingerprint density at radius 2 is 1.76 bits per heavy atom. The fraction of sp³-hybridized carbons (Fsp3) is 0.588. The summed E-state index contributed by atoms with van der Waals surface area (Å²) in [6.07, 6.45) is 6.00. The summed E-state index contributed by atoms with van der Waals surface area (Å²) in [5.41, 5.74) is 6.96. The average Bonchev–Trinajstić information content (AvgIpc) is 2.48. The first-order valence-corrected chi connectivity index (χ1v) is 7.79. The van der Waals surface area contributed by atoms with Gasteiger partial charge in [0.2, 0.25) is 5.91 Å². The normalized spacial score (nSPS) is 19.0. The lowest BCUT2D eigenvalue weighted by molar-refractivity contribution is -0.124. The zero-order valence-electron chi connectivity index (χ0n) is 13.4. The van der Waals surface area contributed by atoms with Crippen LogP contribution in [0.5, 0.6) is 0 Å². The molecule has 0 radical (unpaired) electrons. The number of primary amides is 1. The number of hydrogen-bond donors (Lipinski definition) is 2. The number of nitrogens with two attached hydrogens (primary N) is 1. The van der Waals surface area contributed by atoms with Crippen LogP contribution in [0.25, 0.3) is 0 Å². The van der Waals surface area contributed by atoms with E-state index in [2.05, 4.69) is 5.32 Å². The van der Waals surface area contributed by atoms with Gasteiger partial charge < -0.3 is 10.6 Å². The molecule has 0 saturated heterocycles. The quantitative estimate of drug-likeness (QED) is 0.875. The van der Waals surface area contributed by atoms with Gasteiger partial charge in [0.15, 0.2) is 0 Å². The molecule has 1 unspecified atom stereocenters. The molecule has 116 valence electrons. The van der Waals surface area contributed by atoms with Crippen LogP contribution < -0.4 is 16.0 Å². The van der Waals surface area contributed by atoms with Gasteiger partial charge in [0, 0.05) is 25.8 Å². The summed E-state index contributed by atoms with van der Waals surface area (Å²) in [6.45, 7) is 1.90. The SMILES string of the molecule is CN(C)c1ccc(C(C)(NC2CCCCC2)C(N)=O)cc1. The first-order valence-electron chi connectivity index (χ1n) is 7.79. The molecule has 1 aromatic rings. The Kier molecular flexibility index (Phi) is 4.88. The molecule has 3 N–H and O–H groups in total. The third-order valence-electron chi connectivity index (χ3n) is 4.55. The minimum atomic E-state index is -0.799. The van der Waals surface area contributed by atoms with E-state index in [9.17, 15) is 4.79 Å². The number of carbonyl (C=O) groups excluding carboxylic acids is 1. The Balaban J connectivity index is 2.21. The highest BCUT2D eigenvalue weighted by atomic mass is 16.1. The van der Waals surface area contributed by atoms with E-state index in [1.54, 1.807) is 0 Å². The summed E-state index contributed by atoms with van der Waals surface area (Å²) in [4.78, 5) is 14.1. The number of rotatable bonds is 5. The molecule has 0 heterocycles. The zero-order valence-corrected chi connectivity index (χ0v) is 13.4. The minimum Gasteiger partial charge on any atom is -0.378 e. The molecule has 2 rings (SSSR count). The van der Waals surface area contributed by atoms with Gasteiger partial charge in [-0.05, 0) is 37.5 Å². The lowest BCUT2D eigenvalue weighted by atomic mass is 9.87. The van der Waals surface area contributed by atoms with Crippen molar-refractivity contribution in [2.24, 2.45) is 5.73 Å². The van der Waals surface area contributed by atoms with Crippen molar-refractivity contribution in [3.8, 4) is 0 Å². The molecule has 1 saturated carbocycles. The number of benzene rings is 1. The lowest BCUT2D eigenvalue weighted by Gasteiger charge is -2.35. The summed E-state index contributed by atoms with van der Waals surface area (Å²) >= 11 is 0. The van der Waals surface area contributed by atoms with Gasteiger partial charge in [0.05, 0.1) is 0 Å². The predicted molar refractivity (Wildman–Crippen MR) is 87.3 cm³/mol. The van der Waals surface area contributed by atoms with Crippen LogP contribution in [0.1, 0.15) is 44.6 Å². The maximum Gasteiger partial charge on any atom is 0.242 e. The number of amides is 1. The number of nitrogens with one attached hydrogen (secondary N) is 1. The number of hydrogen-bond acceptors (Lipinski definition) is 3. The topological polar surface area (TPSA) is 58.4 Å². The van der Waals surface area contributed by atoms with E-state index in [-0.39, 0.29) is 5.91 Å². The molecule has 0 spiro atoms. The van der Waals surface area contributed by atoms with E-state index in [1.165, 1.54) is 19.3 Å². The Labute approximate surface area is 127 Å². The number of anilines is 1. The second-order valence-electron chi connectivity index (χ2n) is 6.41. The molecule has 1 atom stereocenters. The van der Waals surface area contributed by atoms with Gasteiger partial charge in [-0.3, -0.25) is 10.1 Å². The van der Waals surface area contributed by atoms with Crippen molar-refractivity contribution < 1.29 is 4.79 Å². The van der Waals surface area contributed by atoms with E-state index in [0.29, 0.717) is 6.04 Å². The smallest absolute Gasteiger partial charge is 0.242 e. The van der Waals surface area contributed by atoms with Crippen molar-refractivity contribution in [1.29, 1.82) is 0 Å². The highest BCUT2D eigenvalue weighted by Crippen LogP contribution is 2.27. The molecular weight excluding hydrogens is 262 g/mol. The second-order valence-corrected chi connectivity index (χ2v) is 6.41. The van der Waals surface area contributed by atoms with E-state index in [1.807, 2.05) is 50.2 Å². The summed E-state index contributed by atoms with van der Waals surface area (Å²) in [5.74, 6) is -0.314. The van der Waals surface area contributed by atoms with Gasteiger partial charge in [0.25, 0.3) is 0 Å². The van der Waals surface area contributed by atoms with E-state index in [4.69, 9.17) is 5.73 Å². The van der Waals surface area contributed by atoms with Crippen LogP contribution in [0, 0.1) is 0 Å². The molecule has 1 aliphatic carbocycles. The van der Waals surface area contributed by atoms with Gasteiger partial charge >= 0.3 is 0 Å². The van der Waals surface area contributed by atoms with Gasteiger partial charge in [0.1, 0.15) is 5.54 Å². The van der Waals surface area contributed by atoms with Crippen LogP contribution in [0.15, 0.2) is 24.3 Å². The molecule has 1 amide bonds. The van der Waals surface area contributed by atoms with Crippen molar-refractivity contribution in [2.45, 2.75) is 50.6 Å². The highest BCUT2D eigenvalue weighted by Gasteiger charge is 2.35. The Morgan fingerprint density at radius 3 is 2.24 bits per heavy atom. The molecule has 0 aliphatic heterocycles. The monoisotopic (exact) mass is 289 g/mol. The molecule has 4 heteroatoms. The summed E-state index contributed by atoms with van der Waals surface area (Å²) in [7, 11) is 4.01. The van der Waals surface area contributed by atoms with Crippen LogP contribution in [0.4, 0.5) is 5.69 Å². The van der Waals surface area contributed by atoms with Crippen LogP contribution >= 0.6 is 0 Å². The molecule has 0 aromatic heterocycles. The second kappa shape index (κ2) is 6.48. The molecule has 4 nitrogen and oxygen atoms in total. The van der Waals surface area contributed by atoms with Crippen LogP contribution in [-0.4, -0.2) is 26.0 Å². The fourth-order valence-electron chi connectivity index (χ4n) is 3.04. The van der Waals surface area contributed by atoms with Crippen molar-refractivity contribution in [3.63, 3.8) is 0 Å². The van der Waals surface area contributed by atoms with Crippen molar-refractivity contribution in [1.82, 2.24) is 5.32 Å².